The topological polar surface area (TPSA) is 111 Å². The van der Waals surface area contributed by atoms with E-state index in [9.17, 15) is 14.7 Å². The van der Waals surface area contributed by atoms with Crippen LogP contribution in [0.5, 0.6) is 11.5 Å². The molecule has 3 atom stereocenters. The molecule has 1 aromatic heterocycles. The van der Waals surface area contributed by atoms with Crippen LogP contribution in [0.1, 0.15) is 36.8 Å². The molecule has 3 aromatic rings. The lowest BCUT2D eigenvalue weighted by atomic mass is 9.81. The third-order valence-electron chi connectivity index (χ3n) is 8.19. The van der Waals surface area contributed by atoms with Crippen LogP contribution >= 0.6 is 0 Å². The lowest BCUT2D eigenvalue weighted by molar-refractivity contribution is -0.171. The van der Waals surface area contributed by atoms with Crippen molar-refractivity contribution in [3.05, 3.63) is 81.9 Å². The van der Waals surface area contributed by atoms with Gasteiger partial charge >= 0.3 is 0 Å². The molecule has 0 radical (unpaired) electrons. The van der Waals surface area contributed by atoms with Crippen LogP contribution in [-0.2, 0) is 20.8 Å². The van der Waals surface area contributed by atoms with E-state index in [-0.39, 0.29) is 36.4 Å². The van der Waals surface area contributed by atoms with Crippen LogP contribution in [0.15, 0.2) is 69.8 Å². The van der Waals surface area contributed by atoms with Gasteiger partial charge in [-0.25, -0.2) is 0 Å². The van der Waals surface area contributed by atoms with Crippen LogP contribution in [0.3, 0.4) is 0 Å². The average Bonchev–Trinajstić information content (AvgIpc) is 3.49. The van der Waals surface area contributed by atoms with Gasteiger partial charge in [-0.3, -0.25) is 14.5 Å². The van der Waals surface area contributed by atoms with Crippen molar-refractivity contribution in [3.63, 3.8) is 0 Å². The zero-order valence-corrected chi connectivity index (χ0v) is 23.7. The van der Waals surface area contributed by atoms with Gasteiger partial charge in [-0.2, -0.15) is 0 Å². The van der Waals surface area contributed by atoms with Gasteiger partial charge in [0.1, 0.15) is 5.58 Å². The molecule has 1 amide bonds. The lowest BCUT2D eigenvalue weighted by Crippen LogP contribution is -2.50. The van der Waals surface area contributed by atoms with Gasteiger partial charge in [0.2, 0.25) is 13.1 Å². The van der Waals surface area contributed by atoms with Crippen molar-refractivity contribution in [1.82, 2.24) is 9.80 Å². The number of rotatable bonds is 9. The van der Waals surface area contributed by atoms with E-state index in [4.69, 9.17) is 23.4 Å². The van der Waals surface area contributed by atoms with Crippen LogP contribution in [0.2, 0.25) is 0 Å². The van der Waals surface area contributed by atoms with Crippen molar-refractivity contribution in [2.75, 3.05) is 46.2 Å². The summed E-state index contributed by atoms with van der Waals surface area (Å²) in [5, 5.41) is 10.1. The zero-order valence-electron chi connectivity index (χ0n) is 23.7. The molecule has 1 saturated heterocycles. The lowest BCUT2D eigenvalue weighted by Gasteiger charge is -2.39. The largest absolute Gasteiger partial charge is 0.464 e. The molecule has 3 aliphatic rings. The van der Waals surface area contributed by atoms with Crippen molar-refractivity contribution >= 4 is 16.9 Å². The van der Waals surface area contributed by atoms with E-state index in [1.54, 1.807) is 29.2 Å². The molecule has 0 aliphatic carbocycles. The summed E-state index contributed by atoms with van der Waals surface area (Å²) in [6, 6.07) is 13.1. The molecule has 0 unspecified atom stereocenters. The molecular formula is C32H36N2O8. The number of hydrogen-bond acceptors (Lipinski definition) is 9. The number of hydrogen-bond donors (Lipinski definition) is 1. The highest BCUT2D eigenvalue weighted by Crippen LogP contribution is 2.39. The number of fused-ring (bicyclic) bond motifs is 2. The molecule has 42 heavy (non-hydrogen) atoms. The molecule has 10 nitrogen and oxygen atoms in total. The predicted molar refractivity (Wildman–Crippen MR) is 154 cm³/mol. The number of carbonyl (C=O) groups is 1. The first kappa shape index (κ1) is 28.3. The first-order valence-electron chi connectivity index (χ1n) is 14.6. The van der Waals surface area contributed by atoms with E-state index >= 15 is 0 Å². The second kappa shape index (κ2) is 12.6. The van der Waals surface area contributed by atoms with Gasteiger partial charge in [0.15, 0.2) is 22.7 Å². The van der Waals surface area contributed by atoms with Gasteiger partial charge in [0, 0.05) is 63.3 Å². The van der Waals surface area contributed by atoms with E-state index < -0.39 is 12.2 Å². The Kier molecular flexibility index (Phi) is 8.46. The first-order valence-corrected chi connectivity index (χ1v) is 14.6. The molecule has 0 bridgehead atoms. The Labute approximate surface area is 244 Å². The highest BCUT2D eigenvalue weighted by Gasteiger charge is 2.40. The second-order valence-electron chi connectivity index (χ2n) is 10.8. The number of carbonyl (C=O) groups excluding carboxylic acids is 1. The molecule has 10 heteroatoms. The Hall–Kier alpha value is -3.86. The highest BCUT2D eigenvalue weighted by atomic mass is 16.7. The number of ether oxygens (including phenoxy) is 4. The van der Waals surface area contributed by atoms with Gasteiger partial charge in [-0.05, 0) is 55.7 Å². The number of allylic oxidation sites excluding steroid dienone is 1. The van der Waals surface area contributed by atoms with E-state index in [1.807, 2.05) is 31.2 Å². The minimum Gasteiger partial charge on any atom is -0.464 e. The molecule has 0 spiro atoms. The van der Waals surface area contributed by atoms with Crippen LogP contribution in [-0.4, -0.2) is 73.3 Å². The van der Waals surface area contributed by atoms with Gasteiger partial charge in [0.05, 0.1) is 11.6 Å². The number of amides is 1. The fraction of sp³-hybridized carbons (Fsp3) is 0.438. The van der Waals surface area contributed by atoms with Crippen LogP contribution in [0.4, 0.5) is 0 Å². The molecule has 0 saturated carbocycles. The quantitative estimate of drug-likeness (QED) is 0.408. The predicted octanol–water partition coefficient (Wildman–Crippen LogP) is 3.62. The monoisotopic (exact) mass is 576 g/mol. The Bertz CT molecular complexity index is 1510. The zero-order chi connectivity index (χ0) is 29.1. The molecular weight excluding hydrogens is 540 g/mol. The number of benzene rings is 2. The summed E-state index contributed by atoms with van der Waals surface area (Å²) in [4.78, 5) is 31.5. The molecule has 4 heterocycles. The Morgan fingerprint density at radius 1 is 1.07 bits per heavy atom. The Morgan fingerprint density at radius 3 is 2.69 bits per heavy atom. The number of aliphatic hydroxyl groups excluding tert-OH is 1. The average molecular weight is 577 g/mol. The van der Waals surface area contributed by atoms with Crippen molar-refractivity contribution in [2.45, 2.75) is 38.5 Å². The number of nitrogens with zero attached hydrogens (tertiary/aromatic N) is 2. The minimum absolute atomic E-state index is 0.000427. The van der Waals surface area contributed by atoms with Gasteiger partial charge in [0.25, 0.3) is 5.91 Å². The standard InChI is InChI=1S/C32H36N2O8/c1-2-38-32-22(7-5-15-35)24(25-19-39-26-8-4-3-6-23(26)30(25)36)17-29(42-32)31(37)34-13-11-33(12-14-34)18-21-9-10-27-28(16-21)41-20-40-27/h3-4,6,8-10,16-17,19,22,24,32,35H,2,5,7,11-15,18,20H2,1H3/t22-,24+,32-/m0/s1. The summed E-state index contributed by atoms with van der Waals surface area (Å²) in [5.41, 5.74) is 1.94. The maximum atomic E-state index is 13.8. The van der Waals surface area contributed by atoms with Crippen molar-refractivity contribution in [3.8, 4) is 11.5 Å². The number of para-hydroxylation sites is 1. The maximum Gasteiger partial charge on any atom is 0.288 e. The minimum atomic E-state index is -0.742. The highest BCUT2D eigenvalue weighted by molar-refractivity contribution is 5.92. The van der Waals surface area contributed by atoms with E-state index in [0.717, 1.165) is 23.6 Å². The van der Waals surface area contributed by atoms with Crippen LogP contribution in [0, 0.1) is 5.92 Å². The third kappa shape index (κ3) is 5.74. The fourth-order valence-electron chi connectivity index (χ4n) is 6.00. The molecule has 1 fully saturated rings. The molecule has 3 aliphatic heterocycles. The van der Waals surface area contributed by atoms with Crippen LogP contribution < -0.4 is 14.9 Å². The van der Waals surface area contributed by atoms with E-state index in [1.165, 1.54) is 6.26 Å². The normalized spacial score (nSPS) is 22.2. The summed E-state index contributed by atoms with van der Waals surface area (Å²) in [5.74, 6) is 0.719. The summed E-state index contributed by atoms with van der Waals surface area (Å²) in [6.07, 6.45) is 3.56. The summed E-state index contributed by atoms with van der Waals surface area (Å²) >= 11 is 0. The van der Waals surface area contributed by atoms with Crippen molar-refractivity contribution in [2.24, 2.45) is 5.92 Å². The fourth-order valence-corrected chi connectivity index (χ4v) is 6.00. The maximum absolute atomic E-state index is 13.8. The van der Waals surface area contributed by atoms with E-state index in [0.29, 0.717) is 62.2 Å². The van der Waals surface area contributed by atoms with Gasteiger partial charge in [-0.15, -0.1) is 0 Å². The molecule has 2 aromatic carbocycles. The molecule has 1 N–H and O–H groups in total. The Morgan fingerprint density at radius 2 is 1.88 bits per heavy atom. The Balaban J connectivity index is 1.22. The summed E-state index contributed by atoms with van der Waals surface area (Å²) in [7, 11) is 0. The SMILES string of the molecule is CCO[C@H]1OC(C(=O)N2CCN(Cc3ccc4c(c3)OCO4)CC2)=C[C@@H](c2coc3ccccc3c2=O)[C@@H]1CCCO. The van der Waals surface area contributed by atoms with Gasteiger partial charge < -0.3 is 33.4 Å². The van der Waals surface area contributed by atoms with E-state index in [2.05, 4.69) is 4.90 Å². The summed E-state index contributed by atoms with van der Waals surface area (Å²) in [6.45, 7) is 5.73. The first-order chi connectivity index (χ1) is 20.6. The molecule has 222 valence electrons. The summed E-state index contributed by atoms with van der Waals surface area (Å²) < 4.78 is 28.9. The van der Waals surface area contributed by atoms with Crippen molar-refractivity contribution in [1.29, 1.82) is 0 Å². The second-order valence-corrected chi connectivity index (χ2v) is 10.8. The molecule has 6 rings (SSSR count). The number of piperazine rings is 1. The van der Waals surface area contributed by atoms with Crippen molar-refractivity contribution < 1.29 is 33.3 Å². The van der Waals surface area contributed by atoms with Crippen LogP contribution in [0.25, 0.3) is 11.0 Å². The number of aliphatic hydroxyl groups is 1. The smallest absolute Gasteiger partial charge is 0.288 e. The third-order valence-corrected chi connectivity index (χ3v) is 8.19. The van der Waals surface area contributed by atoms with Gasteiger partial charge in [-0.1, -0.05) is 18.2 Å².